The van der Waals surface area contributed by atoms with Crippen LogP contribution in [0.25, 0.3) is 0 Å². The topological polar surface area (TPSA) is 73.9 Å². The Kier molecular flexibility index (Phi) is 7.02. The molecule has 2 N–H and O–H groups in total. The maximum atomic E-state index is 13.9. The van der Waals surface area contributed by atoms with Gasteiger partial charge in [-0.2, -0.15) is 0 Å². The zero-order valence-electron chi connectivity index (χ0n) is 16.4. The van der Waals surface area contributed by atoms with Gasteiger partial charge in [0.1, 0.15) is 11.6 Å². The number of nitrogens with zero attached hydrogens (tertiary/aromatic N) is 2. The minimum absolute atomic E-state index is 0.164. The van der Waals surface area contributed by atoms with Gasteiger partial charge in [-0.25, -0.2) is 4.39 Å². The second-order valence-electron chi connectivity index (χ2n) is 6.76. The van der Waals surface area contributed by atoms with Crippen molar-refractivity contribution >= 4 is 17.5 Å². The Morgan fingerprint density at radius 2 is 1.76 bits per heavy atom. The first-order valence-electron chi connectivity index (χ1n) is 9.52. The van der Waals surface area contributed by atoms with Gasteiger partial charge >= 0.3 is 0 Å². The summed E-state index contributed by atoms with van der Waals surface area (Å²) in [5.41, 5.74) is 5.63. The molecule has 1 heterocycles. The molecule has 0 aromatic heterocycles. The molecule has 0 saturated carbocycles. The number of amides is 2. The maximum absolute atomic E-state index is 13.9. The number of rotatable bonds is 6. The first kappa shape index (κ1) is 20.6. The predicted octanol–water partition coefficient (Wildman–Crippen LogP) is 1.81. The number of carbonyl (C=O) groups excluding carboxylic acids is 2. The van der Waals surface area contributed by atoms with E-state index in [2.05, 4.69) is 32.8 Å². The van der Waals surface area contributed by atoms with Gasteiger partial charge < -0.3 is 9.64 Å². The standard InChI is InChI=1S/C21H25FN4O3/c1-29-17-7-8-18(19(22)15-17)21(28)24-23-20(27)9-10-25-11-13-26(14-12-25)16-5-3-2-4-6-16/h2-8,15H,9-14H2,1H3,(H,23,27)(H,24,28). The number of nitrogens with one attached hydrogen (secondary N) is 2. The minimum Gasteiger partial charge on any atom is -0.497 e. The molecular formula is C21H25FN4O3. The van der Waals surface area contributed by atoms with E-state index in [0.717, 1.165) is 32.2 Å². The number of benzene rings is 2. The van der Waals surface area contributed by atoms with Crippen molar-refractivity contribution in [3.8, 4) is 5.75 Å². The summed E-state index contributed by atoms with van der Waals surface area (Å²) in [6.07, 6.45) is 0.247. The lowest BCUT2D eigenvalue weighted by atomic mass is 10.2. The fourth-order valence-electron chi connectivity index (χ4n) is 3.19. The molecule has 3 rings (SSSR count). The molecule has 0 spiro atoms. The van der Waals surface area contributed by atoms with E-state index in [1.807, 2.05) is 18.2 Å². The molecule has 0 bridgehead atoms. The molecule has 1 fully saturated rings. The van der Waals surface area contributed by atoms with Crippen molar-refractivity contribution in [2.75, 3.05) is 44.7 Å². The van der Waals surface area contributed by atoms with Gasteiger partial charge in [0, 0.05) is 50.9 Å². The van der Waals surface area contributed by atoms with E-state index in [4.69, 9.17) is 4.74 Å². The monoisotopic (exact) mass is 400 g/mol. The highest BCUT2D eigenvalue weighted by atomic mass is 19.1. The number of carbonyl (C=O) groups is 2. The number of hydrogen-bond acceptors (Lipinski definition) is 5. The Morgan fingerprint density at radius 1 is 1.03 bits per heavy atom. The highest BCUT2D eigenvalue weighted by Crippen LogP contribution is 2.16. The van der Waals surface area contributed by atoms with Crippen LogP contribution in [0.2, 0.25) is 0 Å². The smallest absolute Gasteiger partial charge is 0.272 e. The predicted molar refractivity (Wildman–Crippen MR) is 108 cm³/mol. The van der Waals surface area contributed by atoms with Gasteiger partial charge in [0.15, 0.2) is 0 Å². The third-order valence-corrected chi connectivity index (χ3v) is 4.89. The molecule has 0 unspecified atom stereocenters. The average molecular weight is 400 g/mol. The summed E-state index contributed by atoms with van der Waals surface area (Å²) in [4.78, 5) is 28.6. The molecule has 7 nitrogen and oxygen atoms in total. The Balaban J connectivity index is 1.38. The van der Waals surface area contributed by atoms with E-state index in [1.165, 1.54) is 24.9 Å². The van der Waals surface area contributed by atoms with Gasteiger partial charge in [-0.1, -0.05) is 18.2 Å². The van der Waals surface area contributed by atoms with Gasteiger partial charge in [0.2, 0.25) is 5.91 Å². The van der Waals surface area contributed by atoms with Crippen LogP contribution in [0, 0.1) is 5.82 Å². The van der Waals surface area contributed by atoms with Crippen LogP contribution in [-0.4, -0.2) is 56.5 Å². The normalized spacial score (nSPS) is 14.3. The van der Waals surface area contributed by atoms with E-state index in [9.17, 15) is 14.0 Å². The van der Waals surface area contributed by atoms with Crippen LogP contribution in [0.15, 0.2) is 48.5 Å². The first-order chi connectivity index (χ1) is 14.1. The number of anilines is 1. The molecule has 1 aliphatic heterocycles. The number of para-hydroxylation sites is 1. The van der Waals surface area contributed by atoms with Gasteiger partial charge in [-0.3, -0.25) is 25.3 Å². The maximum Gasteiger partial charge on any atom is 0.272 e. The van der Waals surface area contributed by atoms with E-state index >= 15 is 0 Å². The van der Waals surface area contributed by atoms with Crippen molar-refractivity contribution in [2.24, 2.45) is 0 Å². The Morgan fingerprint density at radius 3 is 2.41 bits per heavy atom. The lowest BCUT2D eigenvalue weighted by Gasteiger charge is -2.36. The Labute approximate surface area is 169 Å². The molecule has 0 radical (unpaired) electrons. The molecule has 2 aromatic rings. The fraction of sp³-hybridized carbons (Fsp3) is 0.333. The summed E-state index contributed by atoms with van der Waals surface area (Å²) in [5.74, 6) is -1.43. The van der Waals surface area contributed by atoms with Crippen molar-refractivity contribution in [1.29, 1.82) is 0 Å². The van der Waals surface area contributed by atoms with Gasteiger partial charge in [0.25, 0.3) is 5.91 Å². The van der Waals surface area contributed by atoms with Crippen molar-refractivity contribution in [3.05, 3.63) is 59.9 Å². The van der Waals surface area contributed by atoms with Crippen molar-refractivity contribution in [1.82, 2.24) is 15.8 Å². The molecule has 8 heteroatoms. The minimum atomic E-state index is -0.715. The molecule has 29 heavy (non-hydrogen) atoms. The SMILES string of the molecule is COc1ccc(C(=O)NNC(=O)CCN2CCN(c3ccccc3)CC2)c(F)c1. The molecule has 2 amide bonds. The van der Waals surface area contributed by atoms with Crippen LogP contribution < -0.4 is 20.5 Å². The summed E-state index contributed by atoms with van der Waals surface area (Å²) in [6.45, 7) is 4.14. The lowest BCUT2D eigenvalue weighted by molar-refractivity contribution is -0.122. The van der Waals surface area contributed by atoms with Crippen molar-refractivity contribution < 1.29 is 18.7 Å². The molecule has 2 aromatic carbocycles. The number of hydrogen-bond donors (Lipinski definition) is 2. The van der Waals surface area contributed by atoms with Crippen LogP contribution in [-0.2, 0) is 4.79 Å². The van der Waals surface area contributed by atoms with E-state index < -0.39 is 11.7 Å². The highest BCUT2D eigenvalue weighted by molar-refractivity contribution is 5.95. The van der Waals surface area contributed by atoms with Crippen molar-refractivity contribution in [3.63, 3.8) is 0 Å². The van der Waals surface area contributed by atoms with Gasteiger partial charge in [-0.15, -0.1) is 0 Å². The summed E-state index contributed by atoms with van der Waals surface area (Å²) in [7, 11) is 1.41. The number of hydrazine groups is 1. The van der Waals surface area contributed by atoms with Gasteiger partial charge in [0.05, 0.1) is 12.7 Å². The zero-order valence-corrected chi connectivity index (χ0v) is 16.4. The van der Waals surface area contributed by atoms with Crippen LogP contribution in [0.3, 0.4) is 0 Å². The summed E-state index contributed by atoms with van der Waals surface area (Å²) in [6, 6.07) is 14.1. The highest BCUT2D eigenvalue weighted by Gasteiger charge is 2.18. The summed E-state index contributed by atoms with van der Waals surface area (Å²) >= 11 is 0. The van der Waals surface area contributed by atoms with E-state index in [1.54, 1.807) is 0 Å². The number of piperazine rings is 1. The van der Waals surface area contributed by atoms with E-state index in [0.29, 0.717) is 12.3 Å². The van der Waals surface area contributed by atoms with Crippen LogP contribution in [0.1, 0.15) is 16.8 Å². The fourth-order valence-corrected chi connectivity index (χ4v) is 3.19. The molecule has 1 saturated heterocycles. The number of halogens is 1. The molecular weight excluding hydrogens is 375 g/mol. The average Bonchev–Trinajstić information content (AvgIpc) is 2.76. The largest absolute Gasteiger partial charge is 0.497 e. The molecule has 154 valence electrons. The lowest BCUT2D eigenvalue weighted by Crippen LogP contribution is -2.48. The number of ether oxygens (including phenoxy) is 1. The quantitative estimate of drug-likeness (QED) is 0.724. The van der Waals surface area contributed by atoms with Gasteiger partial charge in [-0.05, 0) is 24.3 Å². The second-order valence-corrected chi connectivity index (χ2v) is 6.76. The third-order valence-electron chi connectivity index (χ3n) is 4.89. The number of methoxy groups -OCH3 is 1. The first-order valence-corrected chi connectivity index (χ1v) is 9.52. The second kappa shape index (κ2) is 9.88. The molecule has 0 aliphatic carbocycles. The van der Waals surface area contributed by atoms with Crippen LogP contribution in [0.5, 0.6) is 5.75 Å². The Bertz CT molecular complexity index is 839. The Hall–Kier alpha value is -3.13. The summed E-state index contributed by atoms with van der Waals surface area (Å²) in [5, 5.41) is 0. The van der Waals surface area contributed by atoms with Crippen LogP contribution >= 0.6 is 0 Å². The summed E-state index contributed by atoms with van der Waals surface area (Å²) < 4.78 is 18.8. The molecule has 1 aliphatic rings. The molecule has 0 atom stereocenters. The third kappa shape index (κ3) is 5.68. The van der Waals surface area contributed by atoms with Crippen LogP contribution in [0.4, 0.5) is 10.1 Å². The van der Waals surface area contributed by atoms with Crippen molar-refractivity contribution in [2.45, 2.75) is 6.42 Å². The van der Waals surface area contributed by atoms with E-state index in [-0.39, 0.29) is 17.9 Å². The zero-order chi connectivity index (χ0) is 20.6.